The van der Waals surface area contributed by atoms with Crippen LogP contribution in [0.3, 0.4) is 0 Å². The van der Waals surface area contributed by atoms with Gasteiger partial charge >= 0.3 is 0 Å². The summed E-state index contributed by atoms with van der Waals surface area (Å²) in [7, 11) is 1.71. The molecule has 0 saturated heterocycles. The van der Waals surface area contributed by atoms with Crippen molar-refractivity contribution in [3.05, 3.63) is 11.7 Å². The summed E-state index contributed by atoms with van der Waals surface area (Å²) in [6.07, 6.45) is 4.73. The van der Waals surface area contributed by atoms with E-state index in [0.29, 0.717) is 11.7 Å². The Hall–Kier alpha value is -0.940. The Kier molecular flexibility index (Phi) is 3.25. The van der Waals surface area contributed by atoms with Crippen molar-refractivity contribution in [2.75, 3.05) is 7.11 Å². The average molecular weight is 225 g/mol. The van der Waals surface area contributed by atoms with Crippen molar-refractivity contribution in [2.45, 2.75) is 50.7 Å². The van der Waals surface area contributed by atoms with Crippen LogP contribution in [0.2, 0.25) is 0 Å². The van der Waals surface area contributed by atoms with E-state index in [0.717, 1.165) is 32.1 Å². The summed E-state index contributed by atoms with van der Waals surface area (Å²) in [6.45, 7) is 1.97. The van der Waals surface area contributed by atoms with Gasteiger partial charge in [-0.05, 0) is 32.6 Å². The molecule has 1 aliphatic carbocycles. The summed E-state index contributed by atoms with van der Waals surface area (Å²) in [5.74, 6) is 1.36. The summed E-state index contributed by atoms with van der Waals surface area (Å²) in [6, 6.07) is 0.162. The molecule has 1 saturated carbocycles. The Balaban J connectivity index is 2.01. The summed E-state index contributed by atoms with van der Waals surface area (Å²) in [5.41, 5.74) is 5.40. The predicted octanol–water partition coefficient (Wildman–Crippen LogP) is 1.37. The van der Waals surface area contributed by atoms with Gasteiger partial charge in [0.2, 0.25) is 11.7 Å². The highest BCUT2D eigenvalue weighted by Crippen LogP contribution is 2.42. The molecule has 0 radical (unpaired) electrons. The quantitative estimate of drug-likeness (QED) is 0.819. The molecule has 0 spiro atoms. The molecule has 1 heterocycles. The molecule has 1 aliphatic rings. The van der Waals surface area contributed by atoms with Gasteiger partial charge < -0.3 is 15.0 Å². The number of aromatic nitrogens is 2. The van der Waals surface area contributed by atoms with Crippen molar-refractivity contribution in [2.24, 2.45) is 5.73 Å². The van der Waals surface area contributed by atoms with Crippen LogP contribution in [-0.4, -0.2) is 23.3 Å². The van der Waals surface area contributed by atoms with Gasteiger partial charge in [-0.25, -0.2) is 0 Å². The van der Waals surface area contributed by atoms with E-state index < -0.39 is 0 Å². The molecule has 16 heavy (non-hydrogen) atoms. The third kappa shape index (κ3) is 2.10. The number of rotatable bonds is 5. The minimum Gasteiger partial charge on any atom is -0.370 e. The fourth-order valence-electron chi connectivity index (χ4n) is 1.91. The van der Waals surface area contributed by atoms with Crippen LogP contribution in [0.15, 0.2) is 4.52 Å². The van der Waals surface area contributed by atoms with Gasteiger partial charge in [-0.3, -0.25) is 0 Å². The highest BCUT2D eigenvalue weighted by molar-refractivity contribution is 5.06. The molecular weight excluding hydrogens is 206 g/mol. The summed E-state index contributed by atoms with van der Waals surface area (Å²) >= 11 is 0. The minimum atomic E-state index is -0.282. The van der Waals surface area contributed by atoms with Gasteiger partial charge in [-0.15, -0.1) is 0 Å². The Labute approximate surface area is 95.3 Å². The standard InChI is InChI=1S/C11H19N3O2/c1-8(12)4-5-9-13-10(14-16-9)11(15-2)6-3-7-11/h8H,3-7,12H2,1-2H3. The van der Waals surface area contributed by atoms with Crippen LogP contribution in [-0.2, 0) is 16.8 Å². The third-order valence-electron chi connectivity index (χ3n) is 3.24. The largest absolute Gasteiger partial charge is 0.370 e. The van der Waals surface area contributed by atoms with Crippen molar-refractivity contribution in [1.82, 2.24) is 10.1 Å². The SMILES string of the molecule is COC1(c2noc(CCC(C)N)n2)CCC1. The molecule has 90 valence electrons. The van der Waals surface area contributed by atoms with Crippen LogP contribution in [0.1, 0.15) is 44.3 Å². The first kappa shape index (κ1) is 11.5. The summed E-state index contributed by atoms with van der Waals surface area (Å²) in [5, 5.41) is 4.01. The van der Waals surface area contributed by atoms with Crippen molar-refractivity contribution in [3.8, 4) is 0 Å². The van der Waals surface area contributed by atoms with Crippen LogP contribution >= 0.6 is 0 Å². The first-order chi connectivity index (χ1) is 7.66. The van der Waals surface area contributed by atoms with E-state index in [-0.39, 0.29) is 11.6 Å². The maximum Gasteiger partial charge on any atom is 0.226 e. The highest BCUT2D eigenvalue weighted by Gasteiger charge is 2.43. The minimum absolute atomic E-state index is 0.162. The first-order valence-electron chi connectivity index (χ1n) is 5.80. The van der Waals surface area contributed by atoms with Gasteiger partial charge in [0.1, 0.15) is 5.60 Å². The average Bonchev–Trinajstić information content (AvgIpc) is 2.63. The first-order valence-corrected chi connectivity index (χ1v) is 5.80. The van der Waals surface area contributed by atoms with Crippen LogP contribution in [0.5, 0.6) is 0 Å². The van der Waals surface area contributed by atoms with E-state index in [1.54, 1.807) is 7.11 Å². The lowest BCUT2D eigenvalue weighted by atomic mass is 9.79. The second-order valence-electron chi connectivity index (χ2n) is 4.58. The summed E-state index contributed by atoms with van der Waals surface area (Å²) < 4.78 is 10.7. The van der Waals surface area contributed by atoms with Gasteiger partial charge in [-0.2, -0.15) is 4.98 Å². The van der Waals surface area contributed by atoms with E-state index in [2.05, 4.69) is 10.1 Å². The zero-order chi connectivity index (χ0) is 11.6. The van der Waals surface area contributed by atoms with Crippen LogP contribution in [0, 0.1) is 0 Å². The summed E-state index contributed by atoms with van der Waals surface area (Å²) in [4.78, 5) is 4.39. The van der Waals surface area contributed by atoms with Gasteiger partial charge in [-0.1, -0.05) is 5.16 Å². The Morgan fingerprint density at radius 1 is 1.56 bits per heavy atom. The van der Waals surface area contributed by atoms with Gasteiger partial charge in [0, 0.05) is 19.6 Å². The van der Waals surface area contributed by atoms with Crippen molar-refractivity contribution in [1.29, 1.82) is 0 Å². The van der Waals surface area contributed by atoms with Gasteiger partial charge in [0.05, 0.1) is 0 Å². The van der Waals surface area contributed by atoms with Crippen molar-refractivity contribution in [3.63, 3.8) is 0 Å². The topological polar surface area (TPSA) is 74.2 Å². The van der Waals surface area contributed by atoms with E-state index in [1.807, 2.05) is 6.92 Å². The maximum atomic E-state index is 5.68. The lowest BCUT2D eigenvalue weighted by Gasteiger charge is -2.37. The number of nitrogens with two attached hydrogens (primary N) is 1. The fourth-order valence-corrected chi connectivity index (χ4v) is 1.91. The Morgan fingerprint density at radius 2 is 2.31 bits per heavy atom. The van der Waals surface area contributed by atoms with E-state index in [1.165, 1.54) is 0 Å². The molecule has 5 nitrogen and oxygen atoms in total. The smallest absolute Gasteiger partial charge is 0.226 e. The zero-order valence-electron chi connectivity index (χ0n) is 9.90. The molecule has 5 heteroatoms. The maximum absolute atomic E-state index is 5.68. The van der Waals surface area contributed by atoms with E-state index in [9.17, 15) is 0 Å². The zero-order valence-corrected chi connectivity index (χ0v) is 9.90. The molecule has 1 fully saturated rings. The monoisotopic (exact) mass is 225 g/mol. The van der Waals surface area contributed by atoms with Crippen LogP contribution in [0.25, 0.3) is 0 Å². The van der Waals surface area contributed by atoms with E-state index >= 15 is 0 Å². The molecule has 0 aliphatic heterocycles. The van der Waals surface area contributed by atoms with Crippen molar-refractivity contribution >= 4 is 0 Å². The Bertz CT molecular complexity index is 339. The Morgan fingerprint density at radius 3 is 2.81 bits per heavy atom. The predicted molar refractivity (Wildman–Crippen MR) is 58.8 cm³/mol. The second-order valence-corrected chi connectivity index (χ2v) is 4.58. The molecule has 1 atom stereocenters. The van der Waals surface area contributed by atoms with Gasteiger partial charge in [0.25, 0.3) is 0 Å². The molecule has 2 N–H and O–H groups in total. The number of hydrogen-bond acceptors (Lipinski definition) is 5. The molecule has 1 aromatic rings. The lowest BCUT2D eigenvalue weighted by Crippen LogP contribution is -2.37. The molecule has 2 rings (SSSR count). The molecule has 0 aromatic carbocycles. The number of nitrogens with zero attached hydrogens (tertiary/aromatic N) is 2. The van der Waals surface area contributed by atoms with E-state index in [4.69, 9.17) is 15.0 Å². The molecule has 0 bridgehead atoms. The molecule has 0 amide bonds. The lowest BCUT2D eigenvalue weighted by molar-refractivity contribution is -0.0858. The van der Waals surface area contributed by atoms with Crippen LogP contribution < -0.4 is 5.73 Å². The van der Waals surface area contributed by atoms with Gasteiger partial charge in [0.15, 0.2) is 0 Å². The molecule has 1 unspecified atom stereocenters. The number of aryl methyl sites for hydroxylation is 1. The molecule has 1 aromatic heterocycles. The number of methoxy groups -OCH3 is 1. The third-order valence-corrected chi connectivity index (χ3v) is 3.24. The van der Waals surface area contributed by atoms with Crippen LogP contribution in [0.4, 0.5) is 0 Å². The number of hydrogen-bond donors (Lipinski definition) is 1. The molecular formula is C11H19N3O2. The normalized spacial score (nSPS) is 20.4. The second kappa shape index (κ2) is 4.51. The van der Waals surface area contributed by atoms with Crippen molar-refractivity contribution < 1.29 is 9.26 Å². The fraction of sp³-hybridized carbons (Fsp3) is 0.818. The highest BCUT2D eigenvalue weighted by atomic mass is 16.5. The number of ether oxygens (including phenoxy) is 1.